The third-order valence-electron chi connectivity index (χ3n) is 5.63. The molecule has 190 valence electrons. The van der Waals surface area contributed by atoms with Crippen molar-refractivity contribution in [2.75, 3.05) is 0 Å². The molecule has 4 aromatic carbocycles. The minimum absolute atomic E-state index is 0.276. The Hall–Kier alpha value is -4.12. The number of allylic oxidation sites excluding steroid dienone is 2. The van der Waals surface area contributed by atoms with Crippen molar-refractivity contribution in [3.05, 3.63) is 141 Å². The SMILES string of the molecule is O=CC(=C/c1ccc(OCc2ccc(Cl)cc2)cc1)/C(C=O)=C\c1ccc(OCc2ccc(Cl)cc2)cc1. The van der Waals surface area contributed by atoms with Crippen LogP contribution in [-0.4, -0.2) is 12.6 Å². The number of ether oxygens (including phenoxy) is 2. The molecule has 4 aromatic rings. The fourth-order valence-electron chi connectivity index (χ4n) is 3.55. The van der Waals surface area contributed by atoms with Gasteiger partial charge in [-0.05, 0) is 82.9 Å². The maximum atomic E-state index is 11.8. The van der Waals surface area contributed by atoms with Crippen molar-refractivity contribution in [1.82, 2.24) is 0 Å². The highest BCUT2D eigenvalue weighted by Crippen LogP contribution is 2.21. The van der Waals surface area contributed by atoms with E-state index in [9.17, 15) is 9.59 Å². The number of hydrogen-bond donors (Lipinski definition) is 0. The molecule has 0 saturated carbocycles. The Labute approximate surface area is 231 Å². The molecule has 6 heteroatoms. The molecule has 0 aliphatic carbocycles. The summed E-state index contributed by atoms with van der Waals surface area (Å²) < 4.78 is 11.6. The van der Waals surface area contributed by atoms with Crippen LogP contribution >= 0.6 is 23.2 Å². The van der Waals surface area contributed by atoms with Crippen LogP contribution < -0.4 is 9.47 Å². The number of halogens is 2. The predicted molar refractivity (Wildman–Crippen MR) is 153 cm³/mol. The topological polar surface area (TPSA) is 52.6 Å². The second-order valence-corrected chi connectivity index (χ2v) is 9.28. The van der Waals surface area contributed by atoms with Crippen molar-refractivity contribution in [3.63, 3.8) is 0 Å². The summed E-state index contributed by atoms with van der Waals surface area (Å²) in [6, 6.07) is 29.5. The van der Waals surface area contributed by atoms with Crippen molar-refractivity contribution < 1.29 is 19.1 Å². The smallest absolute Gasteiger partial charge is 0.150 e. The number of hydrogen-bond acceptors (Lipinski definition) is 4. The first-order valence-corrected chi connectivity index (χ1v) is 12.6. The summed E-state index contributed by atoms with van der Waals surface area (Å²) in [6.07, 6.45) is 4.68. The first-order chi connectivity index (χ1) is 18.5. The molecule has 0 fully saturated rings. The third-order valence-corrected chi connectivity index (χ3v) is 6.13. The Morgan fingerprint density at radius 1 is 0.526 bits per heavy atom. The highest BCUT2D eigenvalue weighted by molar-refractivity contribution is 6.30. The molecule has 4 nitrogen and oxygen atoms in total. The Balaban J connectivity index is 1.39. The predicted octanol–water partition coefficient (Wildman–Crippen LogP) is 8.02. The van der Waals surface area contributed by atoms with Gasteiger partial charge in [-0.15, -0.1) is 0 Å². The van der Waals surface area contributed by atoms with Crippen LogP contribution in [0.4, 0.5) is 0 Å². The van der Waals surface area contributed by atoms with E-state index in [0.29, 0.717) is 47.3 Å². The second-order valence-electron chi connectivity index (χ2n) is 8.40. The van der Waals surface area contributed by atoms with E-state index in [1.165, 1.54) is 0 Å². The van der Waals surface area contributed by atoms with Gasteiger partial charge in [-0.1, -0.05) is 71.7 Å². The maximum Gasteiger partial charge on any atom is 0.150 e. The number of rotatable bonds is 11. The van der Waals surface area contributed by atoms with Crippen molar-refractivity contribution in [2.45, 2.75) is 13.2 Å². The molecule has 0 atom stereocenters. The van der Waals surface area contributed by atoms with E-state index in [2.05, 4.69) is 0 Å². The monoisotopic (exact) mass is 542 g/mol. The van der Waals surface area contributed by atoms with E-state index >= 15 is 0 Å². The lowest BCUT2D eigenvalue weighted by molar-refractivity contribution is -0.107. The van der Waals surface area contributed by atoms with Gasteiger partial charge in [0.2, 0.25) is 0 Å². The van der Waals surface area contributed by atoms with Crippen molar-refractivity contribution >= 4 is 47.9 Å². The maximum absolute atomic E-state index is 11.8. The minimum Gasteiger partial charge on any atom is -0.489 e. The zero-order chi connectivity index (χ0) is 26.7. The number of carbonyl (C=O) groups excluding carboxylic acids is 2. The zero-order valence-corrected chi connectivity index (χ0v) is 21.9. The first kappa shape index (κ1) is 26.9. The fraction of sp³-hybridized carbons (Fsp3) is 0.0625. The van der Waals surface area contributed by atoms with Crippen LogP contribution in [0.5, 0.6) is 11.5 Å². The average Bonchev–Trinajstić information content (AvgIpc) is 2.95. The van der Waals surface area contributed by atoms with Gasteiger partial charge >= 0.3 is 0 Å². The van der Waals surface area contributed by atoms with Crippen LogP contribution in [0.1, 0.15) is 22.3 Å². The molecule has 0 aliphatic heterocycles. The van der Waals surface area contributed by atoms with Crippen molar-refractivity contribution in [1.29, 1.82) is 0 Å². The minimum atomic E-state index is 0.276. The summed E-state index contributed by atoms with van der Waals surface area (Å²) in [6.45, 7) is 0.823. The van der Waals surface area contributed by atoms with Crippen LogP contribution in [0.3, 0.4) is 0 Å². The third kappa shape index (κ3) is 7.94. The first-order valence-electron chi connectivity index (χ1n) is 11.8. The highest BCUT2D eigenvalue weighted by atomic mass is 35.5. The normalized spacial score (nSPS) is 11.6. The van der Waals surface area contributed by atoms with Crippen LogP contribution in [0.15, 0.2) is 108 Å². The Bertz CT molecular complexity index is 1310. The van der Waals surface area contributed by atoms with Crippen LogP contribution in [-0.2, 0) is 22.8 Å². The van der Waals surface area contributed by atoms with Gasteiger partial charge in [0.15, 0.2) is 12.6 Å². The summed E-state index contributed by atoms with van der Waals surface area (Å²) in [5.74, 6) is 1.38. The molecule has 0 unspecified atom stereocenters. The highest BCUT2D eigenvalue weighted by Gasteiger charge is 2.06. The van der Waals surface area contributed by atoms with Gasteiger partial charge < -0.3 is 9.47 Å². The Morgan fingerprint density at radius 3 is 1.18 bits per heavy atom. The molecular formula is C32H24Cl2O4. The van der Waals surface area contributed by atoms with E-state index in [4.69, 9.17) is 32.7 Å². The van der Waals surface area contributed by atoms with Gasteiger partial charge in [-0.25, -0.2) is 0 Å². The molecule has 0 spiro atoms. The van der Waals surface area contributed by atoms with Gasteiger partial charge in [0, 0.05) is 21.2 Å². The summed E-state index contributed by atoms with van der Waals surface area (Å²) in [5, 5.41) is 1.35. The fourth-order valence-corrected chi connectivity index (χ4v) is 3.80. The van der Waals surface area contributed by atoms with Crippen LogP contribution in [0.2, 0.25) is 10.0 Å². The number of carbonyl (C=O) groups is 2. The second kappa shape index (κ2) is 13.4. The van der Waals surface area contributed by atoms with Gasteiger partial charge in [0.1, 0.15) is 24.7 Å². The van der Waals surface area contributed by atoms with Gasteiger partial charge in [-0.3, -0.25) is 9.59 Å². The lowest BCUT2D eigenvalue weighted by Gasteiger charge is -2.08. The molecule has 0 amide bonds. The van der Waals surface area contributed by atoms with E-state index in [1.54, 1.807) is 12.2 Å². The van der Waals surface area contributed by atoms with Crippen LogP contribution in [0, 0.1) is 0 Å². The summed E-state index contributed by atoms with van der Waals surface area (Å²) in [7, 11) is 0. The largest absolute Gasteiger partial charge is 0.489 e. The summed E-state index contributed by atoms with van der Waals surface area (Å²) in [4.78, 5) is 23.6. The van der Waals surface area contributed by atoms with Crippen LogP contribution in [0.25, 0.3) is 12.2 Å². The molecule has 0 heterocycles. The zero-order valence-electron chi connectivity index (χ0n) is 20.4. The van der Waals surface area contributed by atoms with E-state index < -0.39 is 0 Å². The molecule has 0 radical (unpaired) electrons. The van der Waals surface area contributed by atoms with Crippen molar-refractivity contribution in [2.24, 2.45) is 0 Å². The van der Waals surface area contributed by atoms with E-state index in [1.807, 2.05) is 97.1 Å². The molecule has 0 aliphatic rings. The molecule has 4 rings (SSSR count). The molecule has 0 N–H and O–H groups in total. The molecule has 38 heavy (non-hydrogen) atoms. The lowest BCUT2D eigenvalue weighted by atomic mass is 10.0. The quantitative estimate of drug-likeness (QED) is 0.109. The summed E-state index contributed by atoms with van der Waals surface area (Å²) >= 11 is 11.8. The number of aldehydes is 2. The Kier molecular flexibility index (Phi) is 9.52. The van der Waals surface area contributed by atoms with E-state index in [-0.39, 0.29) is 11.1 Å². The van der Waals surface area contributed by atoms with Crippen molar-refractivity contribution in [3.8, 4) is 11.5 Å². The molecule has 0 aromatic heterocycles. The Morgan fingerprint density at radius 2 is 0.868 bits per heavy atom. The molecule has 0 saturated heterocycles. The number of benzene rings is 4. The molecule has 0 bridgehead atoms. The summed E-state index contributed by atoms with van der Waals surface area (Å²) in [5.41, 5.74) is 4.09. The van der Waals surface area contributed by atoms with E-state index in [0.717, 1.165) is 22.3 Å². The van der Waals surface area contributed by atoms with Gasteiger partial charge in [-0.2, -0.15) is 0 Å². The van der Waals surface area contributed by atoms with Gasteiger partial charge in [0.05, 0.1) is 0 Å². The average molecular weight is 543 g/mol. The standard InChI is InChI=1S/C32H24Cl2O4/c33-29-9-1-25(2-10-29)21-37-31-13-5-23(6-14-31)17-27(19-35)28(20-36)18-24-7-15-32(16-8-24)38-22-26-3-11-30(34)12-4-26/h1-20H,21-22H2/b27-17-,28-18-. The van der Waals surface area contributed by atoms with Gasteiger partial charge in [0.25, 0.3) is 0 Å². The molecular weight excluding hydrogens is 519 g/mol. The lowest BCUT2D eigenvalue weighted by Crippen LogP contribution is -1.96.